The van der Waals surface area contributed by atoms with Gasteiger partial charge in [-0.05, 0) is 6.42 Å². The van der Waals surface area contributed by atoms with Crippen molar-refractivity contribution in [1.29, 1.82) is 0 Å². The zero-order valence-electron chi connectivity index (χ0n) is 9.04. The van der Waals surface area contributed by atoms with Crippen LogP contribution >= 0.6 is 0 Å². The van der Waals surface area contributed by atoms with Crippen LogP contribution in [0.25, 0.3) is 11.2 Å². The molecule has 0 unspecified atom stereocenters. The fourth-order valence-corrected chi connectivity index (χ4v) is 2.07. The molecule has 2 aromatic heterocycles. The van der Waals surface area contributed by atoms with E-state index in [1.165, 1.54) is 12.7 Å². The van der Waals surface area contributed by atoms with E-state index >= 15 is 0 Å². The second kappa shape index (κ2) is 3.36. The number of anilines is 1. The van der Waals surface area contributed by atoms with Crippen LogP contribution in [-0.4, -0.2) is 36.9 Å². The normalized spacial score (nSPS) is 27.5. The maximum absolute atomic E-state index is 14.1. The Bertz CT molecular complexity index is 571. The number of hydrogen-bond donors (Lipinski definition) is 2. The average molecular weight is 237 g/mol. The Balaban J connectivity index is 1.94. The highest BCUT2D eigenvalue weighted by molar-refractivity contribution is 5.81. The molecule has 17 heavy (non-hydrogen) atoms. The van der Waals surface area contributed by atoms with Gasteiger partial charge in [0.05, 0.1) is 12.9 Å². The molecule has 3 N–H and O–H groups in total. The molecule has 6 nitrogen and oxygen atoms in total. The minimum absolute atomic E-state index is 0.125. The van der Waals surface area contributed by atoms with Crippen LogP contribution in [-0.2, 0) is 6.54 Å². The molecule has 3 rings (SSSR count). The average Bonchev–Trinajstić information content (AvgIpc) is 2.78. The molecule has 2 atom stereocenters. The summed E-state index contributed by atoms with van der Waals surface area (Å²) in [4.78, 5) is 11.9. The summed E-state index contributed by atoms with van der Waals surface area (Å²) < 4.78 is 15.7. The minimum Gasteiger partial charge on any atom is -0.396 e. The lowest BCUT2D eigenvalue weighted by Crippen LogP contribution is -2.16. The number of aromatic nitrogens is 4. The number of nitrogens with zero attached hydrogens (tertiary/aromatic N) is 4. The van der Waals surface area contributed by atoms with Crippen LogP contribution < -0.4 is 5.73 Å². The Morgan fingerprint density at radius 3 is 3.06 bits per heavy atom. The van der Waals surface area contributed by atoms with Crippen molar-refractivity contribution < 1.29 is 9.50 Å². The van der Waals surface area contributed by atoms with E-state index in [1.54, 1.807) is 4.57 Å². The summed E-state index contributed by atoms with van der Waals surface area (Å²) in [6.07, 6.45) is 3.21. The smallest absolute Gasteiger partial charge is 0.165 e. The maximum Gasteiger partial charge on any atom is 0.165 e. The summed E-state index contributed by atoms with van der Waals surface area (Å²) in [5.74, 6) is 0.00953. The third kappa shape index (κ3) is 1.54. The number of imidazole rings is 1. The van der Waals surface area contributed by atoms with Gasteiger partial charge in [-0.25, -0.2) is 19.3 Å². The van der Waals surface area contributed by atoms with E-state index in [-0.39, 0.29) is 24.9 Å². The molecule has 0 aromatic carbocycles. The summed E-state index contributed by atoms with van der Waals surface area (Å²) in [7, 11) is 0. The Morgan fingerprint density at radius 1 is 1.53 bits per heavy atom. The fraction of sp³-hybridized carbons (Fsp3) is 0.500. The molecule has 1 aliphatic rings. The van der Waals surface area contributed by atoms with E-state index in [0.717, 1.165) is 0 Å². The lowest BCUT2D eigenvalue weighted by atomic mass is 10.3. The number of aliphatic hydroxyl groups excluding tert-OH is 1. The predicted octanol–water partition coefficient (Wildman–Crippen LogP) is 0.129. The molecule has 1 aliphatic carbocycles. The molecular formula is C10H12FN5O. The zero-order chi connectivity index (χ0) is 12.0. The third-order valence-corrected chi connectivity index (χ3v) is 3.24. The van der Waals surface area contributed by atoms with Crippen molar-refractivity contribution >= 4 is 17.0 Å². The molecule has 7 heteroatoms. The molecule has 0 saturated heterocycles. The van der Waals surface area contributed by atoms with Crippen molar-refractivity contribution in [2.45, 2.75) is 18.6 Å². The number of rotatable bonds is 3. The van der Waals surface area contributed by atoms with Crippen molar-refractivity contribution in [3.63, 3.8) is 0 Å². The second-order valence-corrected chi connectivity index (χ2v) is 4.42. The first-order valence-electron chi connectivity index (χ1n) is 5.35. The first-order valence-corrected chi connectivity index (χ1v) is 5.35. The minimum atomic E-state index is -1.35. The standard InChI is InChI=1S/C10H12FN5O/c11-10(1-6(10)2-17)3-16-5-15-7-8(12)13-4-14-9(7)16/h4-6,17H,1-3H2,(H2,12,13,14)/t6-,10+/m0/s1. The number of hydrogen-bond acceptors (Lipinski definition) is 5. The quantitative estimate of drug-likeness (QED) is 0.791. The molecule has 0 spiro atoms. The number of alkyl halides is 1. The molecule has 90 valence electrons. The van der Waals surface area contributed by atoms with Gasteiger partial charge in [0, 0.05) is 12.5 Å². The van der Waals surface area contributed by atoms with Gasteiger partial charge in [-0.15, -0.1) is 0 Å². The highest BCUT2D eigenvalue weighted by atomic mass is 19.1. The highest BCUT2D eigenvalue weighted by Gasteiger charge is 2.55. The van der Waals surface area contributed by atoms with Crippen LogP contribution in [0.15, 0.2) is 12.7 Å². The number of aliphatic hydroxyl groups is 1. The number of nitrogen functional groups attached to an aromatic ring is 1. The van der Waals surface area contributed by atoms with Crippen molar-refractivity contribution in [2.75, 3.05) is 12.3 Å². The Morgan fingerprint density at radius 2 is 2.35 bits per heavy atom. The topological polar surface area (TPSA) is 89.9 Å². The molecule has 1 saturated carbocycles. The number of halogens is 1. The Kier molecular flexibility index (Phi) is 2.06. The fourth-order valence-electron chi connectivity index (χ4n) is 2.07. The lowest BCUT2D eigenvalue weighted by Gasteiger charge is -2.08. The van der Waals surface area contributed by atoms with Crippen LogP contribution in [0.1, 0.15) is 6.42 Å². The first-order chi connectivity index (χ1) is 8.14. The molecule has 1 fully saturated rings. The summed E-state index contributed by atoms with van der Waals surface area (Å²) in [6, 6.07) is 0. The van der Waals surface area contributed by atoms with Gasteiger partial charge in [-0.3, -0.25) is 0 Å². The molecule has 0 aliphatic heterocycles. The monoisotopic (exact) mass is 237 g/mol. The van der Waals surface area contributed by atoms with Crippen molar-refractivity contribution in [3.05, 3.63) is 12.7 Å². The van der Waals surface area contributed by atoms with Crippen molar-refractivity contribution in [3.8, 4) is 0 Å². The van der Waals surface area contributed by atoms with E-state index in [1.807, 2.05) is 0 Å². The largest absolute Gasteiger partial charge is 0.396 e. The molecule has 2 heterocycles. The maximum atomic E-state index is 14.1. The SMILES string of the molecule is Nc1ncnc2c1ncn2C[C@]1(F)C[C@H]1CO. The van der Waals surface area contributed by atoms with Crippen LogP contribution in [0.4, 0.5) is 10.2 Å². The first kappa shape index (κ1) is 10.4. The zero-order valence-corrected chi connectivity index (χ0v) is 9.04. The summed E-state index contributed by atoms with van der Waals surface area (Å²) in [5, 5.41) is 8.92. The van der Waals surface area contributed by atoms with Gasteiger partial charge < -0.3 is 15.4 Å². The third-order valence-electron chi connectivity index (χ3n) is 3.24. The predicted molar refractivity (Wildman–Crippen MR) is 58.8 cm³/mol. The van der Waals surface area contributed by atoms with Gasteiger partial charge in [0.25, 0.3) is 0 Å². The van der Waals surface area contributed by atoms with E-state index < -0.39 is 5.67 Å². The summed E-state index contributed by atoms with van der Waals surface area (Å²) in [5.41, 5.74) is 5.31. The van der Waals surface area contributed by atoms with Crippen LogP contribution in [0.3, 0.4) is 0 Å². The summed E-state index contributed by atoms with van der Waals surface area (Å²) in [6.45, 7) is 0.0193. The van der Waals surface area contributed by atoms with E-state index in [9.17, 15) is 4.39 Å². The van der Waals surface area contributed by atoms with Gasteiger partial charge in [0.1, 0.15) is 17.5 Å². The number of fused-ring (bicyclic) bond motifs is 1. The van der Waals surface area contributed by atoms with Gasteiger partial charge in [-0.2, -0.15) is 0 Å². The summed E-state index contributed by atoms with van der Waals surface area (Å²) >= 11 is 0. The second-order valence-electron chi connectivity index (χ2n) is 4.42. The van der Waals surface area contributed by atoms with Gasteiger partial charge in [0.2, 0.25) is 0 Å². The molecule has 2 aromatic rings. The van der Waals surface area contributed by atoms with Gasteiger partial charge in [-0.1, -0.05) is 0 Å². The molecular weight excluding hydrogens is 225 g/mol. The van der Waals surface area contributed by atoms with Gasteiger partial charge in [0.15, 0.2) is 11.5 Å². The van der Waals surface area contributed by atoms with Crippen LogP contribution in [0.2, 0.25) is 0 Å². The van der Waals surface area contributed by atoms with Crippen LogP contribution in [0, 0.1) is 5.92 Å². The van der Waals surface area contributed by atoms with E-state index in [0.29, 0.717) is 17.6 Å². The van der Waals surface area contributed by atoms with Gasteiger partial charge >= 0.3 is 0 Å². The van der Waals surface area contributed by atoms with E-state index in [2.05, 4.69) is 15.0 Å². The van der Waals surface area contributed by atoms with Crippen molar-refractivity contribution in [1.82, 2.24) is 19.5 Å². The van der Waals surface area contributed by atoms with Crippen LogP contribution in [0.5, 0.6) is 0 Å². The Labute approximate surface area is 96.3 Å². The number of nitrogens with two attached hydrogens (primary N) is 1. The van der Waals surface area contributed by atoms with Crippen molar-refractivity contribution in [2.24, 2.45) is 5.92 Å². The molecule has 0 amide bonds. The highest BCUT2D eigenvalue weighted by Crippen LogP contribution is 2.48. The molecule has 0 bridgehead atoms. The Hall–Kier alpha value is -1.76. The molecule has 0 radical (unpaired) electrons. The van der Waals surface area contributed by atoms with E-state index in [4.69, 9.17) is 10.8 Å². The lowest BCUT2D eigenvalue weighted by molar-refractivity contribution is 0.194.